The molecule has 1 N–H and O–H groups in total. The molecule has 0 aliphatic rings. The van der Waals surface area contributed by atoms with E-state index in [1.807, 2.05) is 23.8 Å². The number of halogens is 3. The van der Waals surface area contributed by atoms with Crippen molar-refractivity contribution in [3.63, 3.8) is 0 Å². The lowest BCUT2D eigenvalue weighted by atomic mass is 10.1. The number of pyridine rings is 1. The van der Waals surface area contributed by atoms with E-state index in [1.54, 1.807) is 12.1 Å². The van der Waals surface area contributed by atoms with E-state index in [2.05, 4.69) is 4.98 Å². The standard InChI is InChI=1S/C12H11F3N2OS/c1-8-6-16-11(10-5-3-2-4-9(8)10)19(18)17-7-12(13,14)15/h2-6,17H,7H2,1H3. The topological polar surface area (TPSA) is 42.0 Å². The molecule has 0 amide bonds. The Morgan fingerprint density at radius 3 is 2.53 bits per heavy atom. The average molecular weight is 288 g/mol. The van der Waals surface area contributed by atoms with E-state index in [1.165, 1.54) is 6.20 Å². The molecule has 0 saturated heterocycles. The maximum atomic E-state index is 12.1. The van der Waals surface area contributed by atoms with Gasteiger partial charge in [-0.15, -0.1) is 0 Å². The third-order valence-electron chi connectivity index (χ3n) is 2.54. The summed E-state index contributed by atoms with van der Waals surface area (Å²) in [5.41, 5.74) is 0.882. The second kappa shape index (κ2) is 5.26. The molecular formula is C12H11F3N2OS. The van der Waals surface area contributed by atoms with Gasteiger partial charge in [0.15, 0.2) is 0 Å². The molecule has 1 atom stereocenters. The lowest BCUT2D eigenvalue weighted by Gasteiger charge is -2.10. The molecule has 0 fully saturated rings. The molecule has 1 unspecified atom stereocenters. The van der Waals surface area contributed by atoms with Gasteiger partial charge in [-0.1, -0.05) is 24.3 Å². The molecule has 3 nitrogen and oxygen atoms in total. The fraction of sp³-hybridized carbons (Fsp3) is 0.250. The molecule has 0 radical (unpaired) electrons. The number of benzene rings is 1. The average Bonchev–Trinajstić information content (AvgIpc) is 2.36. The van der Waals surface area contributed by atoms with Gasteiger partial charge in [-0.05, 0) is 17.9 Å². The van der Waals surface area contributed by atoms with Crippen molar-refractivity contribution in [1.29, 1.82) is 0 Å². The van der Waals surface area contributed by atoms with Gasteiger partial charge in [0.2, 0.25) is 0 Å². The van der Waals surface area contributed by atoms with E-state index in [9.17, 15) is 17.4 Å². The van der Waals surface area contributed by atoms with Gasteiger partial charge in [-0.3, -0.25) is 0 Å². The Labute approximate surface area is 110 Å². The van der Waals surface area contributed by atoms with Crippen molar-refractivity contribution in [1.82, 2.24) is 9.71 Å². The van der Waals surface area contributed by atoms with Crippen molar-refractivity contribution in [3.05, 3.63) is 36.0 Å². The zero-order valence-corrected chi connectivity index (χ0v) is 10.8. The van der Waals surface area contributed by atoms with Crippen LogP contribution in [-0.2, 0) is 11.0 Å². The zero-order chi connectivity index (χ0) is 14.0. The van der Waals surface area contributed by atoms with E-state index >= 15 is 0 Å². The Morgan fingerprint density at radius 2 is 1.89 bits per heavy atom. The van der Waals surface area contributed by atoms with Gasteiger partial charge >= 0.3 is 6.18 Å². The summed E-state index contributed by atoms with van der Waals surface area (Å²) in [4.78, 5) is 3.98. The minimum Gasteiger partial charge on any atom is -0.245 e. The lowest BCUT2D eigenvalue weighted by Crippen LogP contribution is -2.30. The number of alkyl halides is 3. The van der Waals surface area contributed by atoms with Crippen LogP contribution in [0.4, 0.5) is 13.2 Å². The van der Waals surface area contributed by atoms with Crippen LogP contribution in [0.15, 0.2) is 35.5 Å². The Kier molecular flexibility index (Phi) is 3.86. The van der Waals surface area contributed by atoms with E-state index in [-0.39, 0.29) is 5.03 Å². The molecule has 0 spiro atoms. The van der Waals surface area contributed by atoms with Crippen LogP contribution in [0.1, 0.15) is 5.56 Å². The molecule has 0 bridgehead atoms. The van der Waals surface area contributed by atoms with Crippen LogP contribution in [0.3, 0.4) is 0 Å². The summed E-state index contributed by atoms with van der Waals surface area (Å²) in [5.74, 6) is 0. The highest BCUT2D eigenvalue weighted by atomic mass is 32.2. The number of rotatable bonds is 3. The first-order valence-electron chi connectivity index (χ1n) is 5.45. The highest BCUT2D eigenvalue weighted by molar-refractivity contribution is 7.83. The van der Waals surface area contributed by atoms with E-state index in [0.717, 1.165) is 10.9 Å². The molecule has 0 aliphatic heterocycles. The molecule has 102 valence electrons. The van der Waals surface area contributed by atoms with Gasteiger partial charge in [-0.2, -0.15) is 13.2 Å². The number of fused-ring (bicyclic) bond motifs is 1. The highest BCUT2D eigenvalue weighted by Gasteiger charge is 2.28. The van der Waals surface area contributed by atoms with Gasteiger partial charge in [0.25, 0.3) is 0 Å². The SMILES string of the molecule is Cc1cnc(S(=O)NCC(F)(F)F)c2ccccc12. The predicted molar refractivity (Wildman–Crippen MR) is 66.9 cm³/mol. The van der Waals surface area contributed by atoms with Crippen molar-refractivity contribution in [2.75, 3.05) is 6.54 Å². The zero-order valence-electron chi connectivity index (χ0n) is 9.99. The van der Waals surface area contributed by atoms with Gasteiger partial charge in [0, 0.05) is 11.6 Å². The lowest BCUT2D eigenvalue weighted by molar-refractivity contribution is -0.121. The molecule has 2 aromatic rings. The molecule has 1 aromatic heterocycles. The maximum absolute atomic E-state index is 12.1. The first-order valence-corrected chi connectivity index (χ1v) is 6.60. The third-order valence-corrected chi connectivity index (χ3v) is 3.62. The molecule has 0 saturated carbocycles. The van der Waals surface area contributed by atoms with Crippen LogP contribution in [-0.4, -0.2) is 21.9 Å². The second-order valence-electron chi connectivity index (χ2n) is 4.00. The predicted octanol–water partition coefficient (Wildman–Crippen LogP) is 2.72. The third kappa shape index (κ3) is 3.30. The Hall–Kier alpha value is -1.47. The second-order valence-corrected chi connectivity index (χ2v) is 5.21. The molecule has 1 aromatic carbocycles. The first kappa shape index (κ1) is 14.0. The minimum absolute atomic E-state index is 0.116. The summed E-state index contributed by atoms with van der Waals surface area (Å²) in [6.07, 6.45) is -2.90. The minimum atomic E-state index is -4.41. The Balaban J connectivity index is 2.35. The Bertz CT molecular complexity index is 628. The highest BCUT2D eigenvalue weighted by Crippen LogP contribution is 2.22. The van der Waals surface area contributed by atoms with Crippen LogP contribution in [0.5, 0.6) is 0 Å². The molecule has 19 heavy (non-hydrogen) atoms. The summed E-state index contributed by atoms with van der Waals surface area (Å²) in [6, 6.07) is 7.05. The quantitative estimate of drug-likeness (QED) is 0.943. The summed E-state index contributed by atoms with van der Waals surface area (Å²) in [6.45, 7) is 0.522. The van der Waals surface area contributed by atoms with Crippen LogP contribution >= 0.6 is 0 Å². The molecule has 7 heteroatoms. The Morgan fingerprint density at radius 1 is 1.26 bits per heavy atom. The van der Waals surface area contributed by atoms with Gasteiger partial charge in [-0.25, -0.2) is 13.9 Å². The number of aryl methyl sites for hydroxylation is 1. The van der Waals surface area contributed by atoms with Crippen LogP contribution in [0, 0.1) is 6.92 Å². The summed E-state index contributed by atoms with van der Waals surface area (Å²) < 4.78 is 50.1. The first-order chi connectivity index (χ1) is 8.88. The van der Waals surface area contributed by atoms with Crippen LogP contribution in [0.2, 0.25) is 0 Å². The number of hydrogen-bond donors (Lipinski definition) is 1. The normalized spacial score (nSPS) is 13.7. The number of aromatic nitrogens is 1. The fourth-order valence-corrected chi connectivity index (χ4v) is 2.63. The fourth-order valence-electron chi connectivity index (χ4n) is 1.67. The largest absolute Gasteiger partial charge is 0.402 e. The maximum Gasteiger partial charge on any atom is 0.402 e. The number of hydrogen-bond acceptors (Lipinski definition) is 2. The smallest absolute Gasteiger partial charge is 0.245 e. The van der Waals surface area contributed by atoms with Crippen molar-refractivity contribution in [2.45, 2.75) is 18.1 Å². The van der Waals surface area contributed by atoms with Crippen LogP contribution in [0.25, 0.3) is 10.8 Å². The summed E-state index contributed by atoms with van der Waals surface area (Å²) >= 11 is 0. The van der Waals surface area contributed by atoms with Crippen LogP contribution < -0.4 is 4.72 Å². The molecule has 1 heterocycles. The van der Waals surface area contributed by atoms with Crippen molar-refractivity contribution in [2.24, 2.45) is 0 Å². The molecular weight excluding hydrogens is 277 g/mol. The number of nitrogens with one attached hydrogen (secondary N) is 1. The van der Waals surface area contributed by atoms with E-state index in [0.29, 0.717) is 5.39 Å². The molecule has 2 rings (SSSR count). The van der Waals surface area contributed by atoms with Gasteiger partial charge < -0.3 is 0 Å². The number of nitrogens with zero attached hydrogens (tertiary/aromatic N) is 1. The monoisotopic (exact) mass is 288 g/mol. The van der Waals surface area contributed by atoms with Crippen molar-refractivity contribution >= 4 is 21.8 Å². The van der Waals surface area contributed by atoms with Gasteiger partial charge in [0.1, 0.15) is 22.6 Å². The van der Waals surface area contributed by atoms with Crippen molar-refractivity contribution < 1.29 is 17.4 Å². The molecule has 0 aliphatic carbocycles. The van der Waals surface area contributed by atoms with E-state index in [4.69, 9.17) is 0 Å². The summed E-state index contributed by atoms with van der Waals surface area (Å²) in [7, 11) is -1.99. The van der Waals surface area contributed by atoms with E-state index < -0.39 is 23.7 Å². The van der Waals surface area contributed by atoms with Gasteiger partial charge in [0.05, 0.1) is 0 Å². The summed E-state index contributed by atoms with van der Waals surface area (Å²) in [5, 5.41) is 1.54. The van der Waals surface area contributed by atoms with Crippen molar-refractivity contribution in [3.8, 4) is 0 Å².